The topological polar surface area (TPSA) is 21.3 Å². The first-order valence-corrected chi connectivity index (χ1v) is 8.23. The summed E-state index contributed by atoms with van der Waals surface area (Å²) in [6, 6.07) is 8.59. The number of ether oxygens (including phenoxy) is 1. The standard InChI is InChI=1S/C18H31NO/c1-3-5-6-7-10-14-20-16-18-12-9-8-11-17(18)15-19-13-4-2/h8-9,11-12,19H,3-7,10,13-16H2,1-2H3. The largest absolute Gasteiger partial charge is 0.377 e. The first-order valence-electron chi connectivity index (χ1n) is 8.23. The molecule has 0 saturated carbocycles. The van der Waals surface area contributed by atoms with Crippen molar-refractivity contribution in [3.63, 3.8) is 0 Å². The van der Waals surface area contributed by atoms with E-state index < -0.39 is 0 Å². The Labute approximate surface area is 124 Å². The third kappa shape index (κ3) is 7.66. The van der Waals surface area contributed by atoms with Crippen LogP contribution in [-0.4, -0.2) is 13.2 Å². The second kappa shape index (κ2) is 11.9. The van der Waals surface area contributed by atoms with Crippen molar-refractivity contribution in [2.24, 2.45) is 0 Å². The predicted molar refractivity (Wildman–Crippen MR) is 86.9 cm³/mol. The molecule has 0 unspecified atom stereocenters. The van der Waals surface area contributed by atoms with Gasteiger partial charge < -0.3 is 10.1 Å². The van der Waals surface area contributed by atoms with Crippen molar-refractivity contribution in [3.05, 3.63) is 35.4 Å². The highest BCUT2D eigenvalue weighted by Crippen LogP contribution is 2.11. The lowest BCUT2D eigenvalue weighted by atomic mass is 10.1. The van der Waals surface area contributed by atoms with Gasteiger partial charge >= 0.3 is 0 Å². The summed E-state index contributed by atoms with van der Waals surface area (Å²) in [5.74, 6) is 0. The van der Waals surface area contributed by atoms with E-state index in [0.29, 0.717) is 0 Å². The Morgan fingerprint density at radius 1 is 0.900 bits per heavy atom. The molecule has 0 aromatic heterocycles. The molecule has 1 aromatic rings. The van der Waals surface area contributed by atoms with E-state index in [1.807, 2.05) is 0 Å². The molecular weight excluding hydrogens is 246 g/mol. The first-order chi connectivity index (χ1) is 9.88. The SMILES string of the molecule is CCCCCCCOCc1ccccc1CNCCC. The molecule has 0 radical (unpaired) electrons. The fourth-order valence-corrected chi connectivity index (χ4v) is 2.26. The molecule has 0 aliphatic rings. The Morgan fingerprint density at radius 3 is 2.40 bits per heavy atom. The van der Waals surface area contributed by atoms with Gasteiger partial charge in [0.05, 0.1) is 6.61 Å². The highest BCUT2D eigenvalue weighted by atomic mass is 16.5. The lowest BCUT2D eigenvalue weighted by molar-refractivity contribution is 0.116. The van der Waals surface area contributed by atoms with Crippen LogP contribution in [0.25, 0.3) is 0 Å². The fraction of sp³-hybridized carbons (Fsp3) is 0.667. The second-order valence-corrected chi connectivity index (χ2v) is 5.41. The summed E-state index contributed by atoms with van der Waals surface area (Å²) in [4.78, 5) is 0. The zero-order valence-electron chi connectivity index (χ0n) is 13.3. The van der Waals surface area contributed by atoms with Crippen LogP contribution in [0.1, 0.15) is 63.5 Å². The van der Waals surface area contributed by atoms with E-state index in [0.717, 1.165) is 26.3 Å². The van der Waals surface area contributed by atoms with E-state index in [2.05, 4.69) is 43.4 Å². The highest BCUT2D eigenvalue weighted by molar-refractivity contribution is 5.26. The van der Waals surface area contributed by atoms with Crippen LogP contribution in [-0.2, 0) is 17.9 Å². The molecule has 0 fully saturated rings. The summed E-state index contributed by atoms with van der Waals surface area (Å²) in [7, 11) is 0. The van der Waals surface area contributed by atoms with Crippen molar-refractivity contribution in [2.75, 3.05) is 13.2 Å². The van der Waals surface area contributed by atoms with Crippen molar-refractivity contribution in [3.8, 4) is 0 Å². The van der Waals surface area contributed by atoms with Gasteiger partial charge in [0.25, 0.3) is 0 Å². The first kappa shape index (κ1) is 17.2. The van der Waals surface area contributed by atoms with E-state index >= 15 is 0 Å². The van der Waals surface area contributed by atoms with Gasteiger partial charge in [-0.3, -0.25) is 0 Å². The molecule has 0 aliphatic heterocycles. The molecule has 1 N–H and O–H groups in total. The third-order valence-electron chi connectivity index (χ3n) is 3.51. The van der Waals surface area contributed by atoms with Gasteiger partial charge in [-0.15, -0.1) is 0 Å². The monoisotopic (exact) mass is 277 g/mol. The molecule has 0 aliphatic carbocycles. The summed E-state index contributed by atoms with van der Waals surface area (Å²) >= 11 is 0. The van der Waals surface area contributed by atoms with Crippen LogP contribution in [0, 0.1) is 0 Å². The number of rotatable bonds is 12. The Balaban J connectivity index is 2.21. The smallest absolute Gasteiger partial charge is 0.0720 e. The van der Waals surface area contributed by atoms with Crippen LogP contribution in [0.5, 0.6) is 0 Å². The predicted octanol–water partition coefficient (Wildman–Crippen LogP) is 4.67. The minimum Gasteiger partial charge on any atom is -0.377 e. The molecule has 0 atom stereocenters. The molecule has 1 rings (SSSR count). The van der Waals surface area contributed by atoms with E-state index in [1.165, 1.54) is 49.7 Å². The van der Waals surface area contributed by atoms with Gasteiger partial charge in [0.15, 0.2) is 0 Å². The molecule has 0 spiro atoms. The Bertz CT molecular complexity index is 338. The number of hydrogen-bond acceptors (Lipinski definition) is 2. The van der Waals surface area contributed by atoms with Crippen molar-refractivity contribution in [1.82, 2.24) is 5.32 Å². The molecule has 2 nitrogen and oxygen atoms in total. The van der Waals surface area contributed by atoms with Crippen LogP contribution in [0.3, 0.4) is 0 Å². The maximum Gasteiger partial charge on any atom is 0.0720 e. The van der Waals surface area contributed by atoms with E-state index in [1.54, 1.807) is 0 Å². The average molecular weight is 277 g/mol. The lowest BCUT2D eigenvalue weighted by Gasteiger charge is -2.11. The minimum atomic E-state index is 0.748. The molecule has 0 heterocycles. The van der Waals surface area contributed by atoms with Gasteiger partial charge in [-0.1, -0.05) is 63.8 Å². The minimum absolute atomic E-state index is 0.748. The van der Waals surface area contributed by atoms with E-state index in [4.69, 9.17) is 4.74 Å². The quantitative estimate of drug-likeness (QED) is 0.560. The molecule has 0 bridgehead atoms. The third-order valence-corrected chi connectivity index (χ3v) is 3.51. The molecular formula is C18H31NO. The normalized spacial score (nSPS) is 10.9. The fourth-order valence-electron chi connectivity index (χ4n) is 2.26. The molecule has 20 heavy (non-hydrogen) atoms. The van der Waals surface area contributed by atoms with Gasteiger partial charge in [0.1, 0.15) is 0 Å². The van der Waals surface area contributed by atoms with Crippen LogP contribution in [0.15, 0.2) is 24.3 Å². The van der Waals surface area contributed by atoms with Crippen LogP contribution >= 0.6 is 0 Å². The van der Waals surface area contributed by atoms with Crippen molar-refractivity contribution in [2.45, 2.75) is 65.5 Å². The average Bonchev–Trinajstić information content (AvgIpc) is 2.48. The zero-order valence-corrected chi connectivity index (χ0v) is 13.3. The zero-order chi connectivity index (χ0) is 14.5. The number of nitrogens with one attached hydrogen (secondary N) is 1. The van der Waals surface area contributed by atoms with Crippen molar-refractivity contribution < 1.29 is 4.74 Å². The molecule has 0 amide bonds. The summed E-state index contributed by atoms with van der Waals surface area (Å²) in [6.07, 6.45) is 7.67. The summed E-state index contributed by atoms with van der Waals surface area (Å²) < 4.78 is 5.82. The summed E-state index contributed by atoms with van der Waals surface area (Å²) in [5.41, 5.74) is 2.69. The van der Waals surface area contributed by atoms with Crippen LogP contribution in [0.2, 0.25) is 0 Å². The van der Waals surface area contributed by atoms with Gasteiger partial charge in [-0.05, 0) is 30.5 Å². The summed E-state index contributed by atoms with van der Waals surface area (Å²) in [5, 5.41) is 3.46. The van der Waals surface area contributed by atoms with Crippen LogP contribution in [0.4, 0.5) is 0 Å². The van der Waals surface area contributed by atoms with E-state index in [9.17, 15) is 0 Å². The second-order valence-electron chi connectivity index (χ2n) is 5.41. The lowest BCUT2D eigenvalue weighted by Crippen LogP contribution is -2.15. The molecule has 0 saturated heterocycles. The summed E-state index contributed by atoms with van der Waals surface area (Å²) in [6.45, 7) is 8.11. The van der Waals surface area contributed by atoms with Crippen molar-refractivity contribution in [1.29, 1.82) is 0 Å². The molecule has 2 heteroatoms. The Kier molecular flexibility index (Phi) is 10.3. The number of unbranched alkanes of at least 4 members (excludes halogenated alkanes) is 4. The van der Waals surface area contributed by atoms with Crippen molar-refractivity contribution >= 4 is 0 Å². The Morgan fingerprint density at radius 2 is 1.65 bits per heavy atom. The molecule has 1 aromatic carbocycles. The maximum atomic E-state index is 5.82. The highest BCUT2D eigenvalue weighted by Gasteiger charge is 2.01. The van der Waals surface area contributed by atoms with Gasteiger partial charge in [-0.25, -0.2) is 0 Å². The van der Waals surface area contributed by atoms with Crippen LogP contribution < -0.4 is 5.32 Å². The van der Waals surface area contributed by atoms with Gasteiger partial charge in [0.2, 0.25) is 0 Å². The van der Waals surface area contributed by atoms with Gasteiger partial charge in [-0.2, -0.15) is 0 Å². The molecule has 114 valence electrons. The number of hydrogen-bond donors (Lipinski definition) is 1. The van der Waals surface area contributed by atoms with Gasteiger partial charge in [0, 0.05) is 13.2 Å². The maximum absolute atomic E-state index is 5.82. The number of benzene rings is 1. The van der Waals surface area contributed by atoms with E-state index in [-0.39, 0.29) is 0 Å². The Hall–Kier alpha value is -0.860.